The van der Waals surface area contributed by atoms with Gasteiger partial charge in [-0.05, 0) is 32.8 Å². The Bertz CT molecular complexity index is 781. The quantitative estimate of drug-likeness (QED) is 0.862. The molecule has 25 heavy (non-hydrogen) atoms. The van der Waals surface area contributed by atoms with E-state index in [2.05, 4.69) is 20.4 Å². The lowest BCUT2D eigenvalue weighted by Crippen LogP contribution is -2.46. The Kier molecular flexibility index (Phi) is 4.64. The third-order valence-corrected chi connectivity index (χ3v) is 4.15. The normalized spacial score (nSPS) is 17.4. The highest BCUT2D eigenvalue weighted by molar-refractivity contribution is 5.89. The molecule has 1 aliphatic rings. The number of likely N-dealkylation sites (tertiary alicyclic amines) is 1. The number of aromatic nitrogens is 4. The number of hydrogen-bond donors (Lipinski definition) is 2. The maximum Gasteiger partial charge on any atom is 0.323 e. The number of primary amides is 1. The van der Waals surface area contributed by atoms with Crippen LogP contribution in [0.3, 0.4) is 0 Å². The van der Waals surface area contributed by atoms with Crippen LogP contribution in [0.1, 0.15) is 24.2 Å². The van der Waals surface area contributed by atoms with Crippen LogP contribution in [-0.4, -0.2) is 49.7 Å². The summed E-state index contributed by atoms with van der Waals surface area (Å²) in [5, 5.41) is 7.01. The molecule has 3 N–H and O–H groups in total. The van der Waals surface area contributed by atoms with E-state index in [1.165, 1.54) is 4.68 Å². The summed E-state index contributed by atoms with van der Waals surface area (Å²) in [5.74, 6) is 0.195. The molecule has 0 radical (unpaired) electrons. The molecule has 0 aromatic carbocycles. The SMILES string of the molecule is Cc1cc(C)nc(-n2nccc2NC(=O)N2CCC[C@@H](C(N)=O)C2)n1. The van der Waals surface area contributed by atoms with Crippen molar-refractivity contribution in [3.63, 3.8) is 0 Å². The molecule has 0 saturated carbocycles. The van der Waals surface area contributed by atoms with E-state index in [4.69, 9.17) is 5.73 Å². The van der Waals surface area contributed by atoms with Crippen molar-refractivity contribution in [3.05, 3.63) is 29.7 Å². The lowest BCUT2D eigenvalue weighted by Gasteiger charge is -2.31. The largest absolute Gasteiger partial charge is 0.369 e. The molecule has 1 atom stereocenters. The van der Waals surface area contributed by atoms with Crippen molar-refractivity contribution in [3.8, 4) is 5.95 Å². The van der Waals surface area contributed by atoms with Crippen LogP contribution in [0.5, 0.6) is 0 Å². The number of nitrogens with zero attached hydrogens (tertiary/aromatic N) is 5. The van der Waals surface area contributed by atoms with Crippen LogP contribution in [0.25, 0.3) is 5.95 Å². The predicted octanol–water partition coefficient (Wildman–Crippen LogP) is 1.01. The van der Waals surface area contributed by atoms with Gasteiger partial charge in [0.2, 0.25) is 5.91 Å². The second kappa shape index (κ2) is 6.88. The maximum atomic E-state index is 12.5. The number of aryl methyl sites for hydroxylation is 2. The standard InChI is InChI=1S/C16H21N7O2/c1-10-8-11(2)20-15(19-10)23-13(5-6-18-23)21-16(25)22-7-3-4-12(9-22)14(17)24/h5-6,8,12H,3-4,7,9H2,1-2H3,(H2,17,24)(H,21,25)/t12-/m1/s1. The van der Waals surface area contributed by atoms with E-state index in [0.717, 1.165) is 17.8 Å². The third-order valence-electron chi connectivity index (χ3n) is 4.15. The van der Waals surface area contributed by atoms with Gasteiger partial charge in [0.25, 0.3) is 5.95 Å². The van der Waals surface area contributed by atoms with Gasteiger partial charge in [-0.25, -0.2) is 14.8 Å². The van der Waals surface area contributed by atoms with Crippen molar-refractivity contribution in [1.29, 1.82) is 0 Å². The smallest absolute Gasteiger partial charge is 0.323 e. The molecule has 0 bridgehead atoms. The lowest BCUT2D eigenvalue weighted by atomic mass is 9.98. The fourth-order valence-electron chi connectivity index (χ4n) is 2.94. The van der Waals surface area contributed by atoms with Crippen LogP contribution in [0, 0.1) is 19.8 Å². The molecule has 0 unspecified atom stereocenters. The van der Waals surface area contributed by atoms with Crippen molar-refractivity contribution < 1.29 is 9.59 Å². The van der Waals surface area contributed by atoms with Crippen LogP contribution in [-0.2, 0) is 4.79 Å². The Labute approximate surface area is 145 Å². The molecular weight excluding hydrogens is 322 g/mol. The van der Waals surface area contributed by atoms with E-state index in [-0.39, 0.29) is 17.9 Å². The van der Waals surface area contributed by atoms with Gasteiger partial charge in [-0.2, -0.15) is 9.78 Å². The first-order valence-corrected chi connectivity index (χ1v) is 8.16. The van der Waals surface area contributed by atoms with Crippen molar-refractivity contribution in [2.45, 2.75) is 26.7 Å². The Morgan fingerprint density at radius 3 is 2.68 bits per heavy atom. The van der Waals surface area contributed by atoms with Crippen LogP contribution in [0.15, 0.2) is 18.3 Å². The number of urea groups is 1. The second-order valence-electron chi connectivity index (χ2n) is 6.20. The van der Waals surface area contributed by atoms with Gasteiger partial charge in [-0.1, -0.05) is 0 Å². The lowest BCUT2D eigenvalue weighted by molar-refractivity contribution is -0.123. The van der Waals surface area contributed by atoms with Gasteiger partial charge in [0.15, 0.2) is 0 Å². The number of hydrogen-bond acceptors (Lipinski definition) is 5. The molecule has 9 heteroatoms. The molecule has 3 amide bonds. The fraction of sp³-hybridized carbons (Fsp3) is 0.438. The topological polar surface area (TPSA) is 119 Å². The Balaban J connectivity index is 1.77. The van der Waals surface area contributed by atoms with Gasteiger partial charge in [0, 0.05) is 30.5 Å². The van der Waals surface area contributed by atoms with Crippen molar-refractivity contribution in [2.24, 2.45) is 11.7 Å². The molecule has 0 spiro atoms. The van der Waals surface area contributed by atoms with Crippen LogP contribution >= 0.6 is 0 Å². The summed E-state index contributed by atoms with van der Waals surface area (Å²) >= 11 is 0. The van der Waals surface area contributed by atoms with Gasteiger partial charge in [-0.3, -0.25) is 10.1 Å². The number of carbonyl (C=O) groups is 2. The van der Waals surface area contributed by atoms with Crippen LogP contribution in [0.2, 0.25) is 0 Å². The summed E-state index contributed by atoms with van der Waals surface area (Å²) in [4.78, 5) is 34.2. The van der Waals surface area contributed by atoms with Crippen LogP contribution in [0.4, 0.5) is 10.6 Å². The average molecular weight is 343 g/mol. The first-order chi connectivity index (χ1) is 11.9. The zero-order chi connectivity index (χ0) is 18.0. The van der Waals surface area contributed by atoms with E-state index >= 15 is 0 Å². The van der Waals surface area contributed by atoms with E-state index in [9.17, 15) is 9.59 Å². The minimum absolute atomic E-state index is 0.294. The van der Waals surface area contributed by atoms with Crippen molar-refractivity contribution >= 4 is 17.8 Å². The molecule has 132 valence electrons. The van der Waals surface area contributed by atoms with E-state index in [0.29, 0.717) is 31.3 Å². The number of carbonyl (C=O) groups excluding carboxylic acids is 2. The number of rotatable bonds is 3. The van der Waals surface area contributed by atoms with Gasteiger partial charge in [0.1, 0.15) is 5.82 Å². The molecule has 1 aliphatic heterocycles. The first-order valence-electron chi connectivity index (χ1n) is 8.16. The average Bonchev–Trinajstić information content (AvgIpc) is 3.02. The Morgan fingerprint density at radius 1 is 1.28 bits per heavy atom. The fourth-order valence-corrected chi connectivity index (χ4v) is 2.94. The maximum absolute atomic E-state index is 12.5. The van der Waals surface area contributed by atoms with Gasteiger partial charge in [-0.15, -0.1) is 0 Å². The van der Waals surface area contributed by atoms with Crippen molar-refractivity contribution in [2.75, 3.05) is 18.4 Å². The highest BCUT2D eigenvalue weighted by Crippen LogP contribution is 2.18. The zero-order valence-electron chi connectivity index (χ0n) is 14.3. The number of nitrogens with one attached hydrogen (secondary N) is 1. The minimum Gasteiger partial charge on any atom is -0.369 e. The van der Waals surface area contributed by atoms with Crippen molar-refractivity contribution in [1.82, 2.24) is 24.6 Å². The highest BCUT2D eigenvalue weighted by atomic mass is 16.2. The van der Waals surface area contributed by atoms with Gasteiger partial charge < -0.3 is 10.6 Å². The summed E-state index contributed by atoms with van der Waals surface area (Å²) in [6, 6.07) is 3.24. The molecular formula is C16H21N7O2. The summed E-state index contributed by atoms with van der Waals surface area (Å²) in [5.41, 5.74) is 7.00. The summed E-state index contributed by atoms with van der Waals surface area (Å²) in [6.45, 7) is 4.66. The number of piperidine rings is 1. The molecule has 1 fully saturated rings. The third kappa shape index (κ3) is 3.76. The molecule has 1 saturated heterocycles. The number of anilines is 1. The molecule has 2 aromatic heterocycles. The second-order valence-corrected chi connectivity index (χ2v) is 6.20. The van der Waals surface area contributed by atoms with Gasteiger partial charge in [0.05, 0.1) is 12.1 Å². The highest BCUT2D eigenvalue weighted by Gasteiger charge is 2.27. The Hall–Kier alpha value is -2.97. The Morgan fingerprint density at radius 2 is 2.00 bits per heavy atom. The summed E-state index contributed by atoms with van der Waals surface area (Å²) < 4.78 is 1.48. The van der Waals surface area contributed by atoms with Gasteiger partial charge >= 0.3 is 6.03 Å². The molecule has 0 aliphatic carbocycles. The van der Waals surface area contributed by atoms with E-state index in [1.807, 2.05) is 19.9 Å². The molecule has 9 nitrogen and oxygen atoms in total. The number of amides is 3. The number of nitrogens with two attached hydrogens (primary N) is 1. The first kappa shape index (κ1) is 16.9. The van der Waals surface area contributed by atoms with E-state index in [1.54, 1.807) is 17.2 Å². The zero-order valence-corrected chi connectivity index (χ0v) is 14.3. The predicted molar refractivity (Wildman–Crippen MR) is 91.1 cm³/mol. The summed E-state index contributed by atoms with van der Waals surface area (Å²) in [6.07, 6.45) is 3.03. The summed E-state index contributed by atoms with van der Waals surface area (Å²) in [7, 11) is 0. The van der Waals surface area contributed by atoms with Crippen LogP contribution < -0.4 is 11.1 Å². The molecule has 2 aromatic rings. The minimum atomic E-state index is -0.369. The van der Waals surface area contributed by atoms with E-state index < -0.39 is 0 Å². The molecule has 3 heterocycles. The monoisotopic (exact) mass is 343 g/mol. The molecule has 3 rings (SSSR count).